The van der Waals surface area contributed by atoms with Crippen molar-refractivity contribution < 1.29 is 4.52 Å². The zero-order valence-electron chi connectivity index (χ0n) is 11.4. The number of hydrogen-bond acceptors (Lipinski definition) is 4. The van der Waals surface area contributed by atoms with Gasteiger partial charge in [-0.15, -0.1) is 0 Å². The van der Waals surface area contributed by atoms with E-state index in [-0.39, 0.29) is 0 Å². The number of aromatic nitrogens is 2. The van der Waals surface area contributed by atoms with E-state index in [1.807, 2.05) is 24.3 Å². The number of rotatable bonds is 4. The van der Waals surface area contributed by atoms with E-state index in [0.717, 1.165) is 10.6 Å². The zero-order chi connectivity index (χ0) is 14.4. The van der Waals surface area contributed by atoms with Crippen LogP contribution in [0.5, 0.6) is 0 Å². The SMILES string of the molecule is CN=C(NCc1nc(C)no1)NCc1ccccc1Cl. The van der Waals surface area contributed by atoms with Crippen molar-refractivity contribution in [3.8, 4) is 0 Å². The molecule has 106 valence electrons. The Balaban J connectivity index is 1.85. The standard InChI is InChI=1S/C13H16ClN5O/c1-9-18-12(20-19-9)8-17-13(15-2)16-7-10-5-3-4-6-11(10)14/h3-6H,7-8H2,1-2H3,(H2,15,16,17). The summed E-state index contributed by atoms with van der Waals surface area (Å²) in [6.45, 7) is 2.78. The van der Waals surface area contributed by atoms with Gasteiger partial charge in [0.15, 0.2) is 11.8 Å². The first-order chi connectivity index (χ1) is 9.69. The molecule has 0 bridgehead atoms. The van der Waals surface area contributed by atoms with E-state index in [0.29, 0.717) is 30.8 Å². The van der Waals surface area contributed by atoms with Crippen LogP contribution < -0.4 is 10.6 Å². The molecule has 2 N–H and O–H groups in total. The molecule has 0 radical (unpaired) electrons. The Morgan fingerprint density at radius 1 is 1.30 bits per heavy atom. The Labute approximate surface area is 122 Å². The predicted octanol–water partition coefficient (Wildman–Crippen LogP) is 1.90. The third kappa shape index (κ3) is 3.96. The molecule has 0 spiro atoms. The number of guanidine groups is 1. The first-order valence-corrected chi connectivity index (χ1v) is 6.54. The van der Waals surface area contributed by atoms with Crippen molar-refractivity contribution >= 4 is 17.6 Å². The van der Waals surface area contributed by atoms with Gasteiger partial charge in [-0.1, -0.05) is 35.0 Å². The first-order valence-electron chi connectivity index (χ1n) is 6.16. The molecule has 0 amide bonds. The maximum Gasteiger partial charge on any atom is 0.246 e. The third-order valence-electron chi connectivity index (χ3n) is 2.60. The largest absolute Gasteiger partial charge is 0.352 e. The lowest BCUT2D eigenvalue weighted by Gasteiger charge is -2.11. The minimum Gasteiger partial charge on any atom is -0.352 e. The Kier molecular flexibility index (Phi) is 4.95. The van der Waals surface area contributed by atoms with E-state index in [2.05, 4.69) is 25.8 Å². The van der Waals surface area contributed by atoms with Crippen LogP contribution in [0.25, 0.3) is 0 Å². The van der Waals surface area contributed by atoms with Crippen molar-refractivity contribution in [2.75, 3.05) is 7.05 Å². The summed E-state index contributed by atoms with van der Waals surface area (Å²) < 4.78 is 5.01. The second-order valence-electron chi connectivity index (χ2n) is 4.11. The van der Waals surface area contributed by atoms with Crippen LogP contribution in [-0.4, -0.2) is 23.1 Å². The lowest BCUT2D eigenvalue weighted by atomic mass is 10.2. The molecule has 7 heteroatoms. The summed E-state index contributed by atoms with van der Waals surface area (Å²) in [5.41, 5.74) is 1.01. The molecule has 0 fully saturated rings. The van der Waals surface area contributed by atoms with Crippen molar-refractivity contribution in [1.82, 2.24) is 20.8 Å². The summed E-state index contributed by atoms with van der Waals surface area (Å²) in [7, 11) is 1.70. The number of halogens is 1. The second kappa shape index (κ2) is 6.91. The highest BCUT2D eigenvalue weighted by atomic mass is 35.5. The van der Waals surface area contributed by atoms with E-state index < -0.39 is 0 Å². The van der Waals surface area contributed by atoms with Gasteiger partial charge in [0, 0.05) is 18.6 Å². The first kappa shape index (κ1) is 14.3. The summed E-state index contributed by atoms with van der Waals surface area (Å²) >= 11 is 6.09. The van der Waals surface area contributed by atoms with E-state index >= 15 is 0 Å². The highest BCUT2D eigenvalue weighted by molar-refractivity contribution is 6.31. The Hall–Kier alpha value is -2.08. The van der Waals surface area contributed by atoms with Crippen molar-refractivity contribution in [2.24, 2.45) is 4.99 Å². The molecule has 2 aromatic rings. The number of aryl methyl sites for hydroxylation is 1. The molecular formula is C13H16ClN5O. The number of nitrogens with one attached hydrogen (secondary N) is 2. The monoisotopic (exact) mass is 293 g/mol. The van der Waals surface area contributed by atoms with E-state index in [1.165, 1.54) is 0 Å². The van der Waals surface area contributed by atoms with Gasteiger partial charge in [0.1, 0.15) is 0 Å². The maximum absolute atomic E-state index is 6.09. The van der Waals surface area contributed by atoms with Crippen molar-refractivity contribution in [3.63, 3.8) is 0 Å². The van der Waals surface area contributed by atoms with Crippen LogP contribution in [0.2, 0.25) is 5.02 Å². The Morgan fingerprint density at radius 2 is 2.05 bits per heavy atom. The highest BCUT2D eigenvalue weighted by Crippen LogP contribution is 2.14. The van der Waals surface area contributed by atoms with Gasteiger partial charge < -0.3 is 15.2 Å². The van der Waals surface area contributed by atoms with Crippen LogP contribution in [0.4, 0.5) is 0 Å². The van der Waals surface area contributed by atoms with Crippen molar-refractivity contribution in [3.05, 3.63) is 46.6 Å². The fourth-order valence-corrected chi connectivity index (χ4v) is 1.82. The summed E-state index contributed by atoms with van der Waals surface area (Å²) in [5, 5.41) is 10.7. The molecule has 0 aliphatic carbocycles. The number of benzene rings is 1. The maximum atomic E-state index is 6.09. The van der Waals surface area contributed by atoms with Gasteiger partial charge in [-0.3, -0.25) is 4.99 Å². The van der Waals surface area contributed by atoms with E-state index in [1.54, 1.807) is 14.0 Å². The normalized spacial score (nSPS) is 11.4. The summed E-state index contributed by atoms with van der Waals surface area (Å²) in [4.78, 5) is 8.22. The number of nitrogens with zero attached hydrogens (tertiary/aromatic N) is 3. The van der Waals surface area contributed by atoms with Gasteiger partial charge in [-0.25, -0.2) is 0 Å². The molecule has 6 nitrogen and oxygen atoms in total. The molecule has 2 rings (SSSR count). The molecule has 0 saturated carbocycles. The van der Waals surface area contributed by atoms with Gasteiger partial charge in [-0.05, 0) is 18.6 Å². The Morgan fingerprint density at radius 3 is 2.70 bits per heavy atom. The fourth-order valence-electron chi connectivity index (χ4n) is 1.61. The average Bonchev–Trinajstić information content (AvgIpc) is 2.86. The molecule has 1 heterocycles. The van der Waals surface area contributed by atoms with Gasteiger partial charge >= 0.3 is 0 Å². The second-order valence-corrected chi connectivity index (χ2v) is 4.51. The fraction of sp³-hybridized carbons (Fsp3) is 0.308. The van der Waals surface area contributed by atoms with Crippen molar-refractivity contribution in [2.45, 2.75) is 20.0 Å². The van der Waals surface area contributed by atoms with Gasteiger partial charge in [-0.2, -0.15) is 4.98 Å². The van der Waals surface area contributed by atoms with Crippen LogP contribution in [0.15, 0.2) is 33.8 Å². The molecule has 0 aliphatic rings. The molecule has 0 unspecified atom stereocenters. The minimum absolute atomic E-state index is 0.420. The van der Waals surface area contributed by atoms with Crippen LogP contribution in [-0.2, 0) is 13.1 Å². The molecule has 1 aromatic carbocycles. The molecule has 1 aromatic heterocycles. The third-order valence-corrected chi connectivity index (χ3v) is 2.97. The zero-order valence-corrected chi connectivity index (χ0v) is 12.1. The molecular weight excluding hydrogens is 278 g/mol. The highest BCUT2D eigenvalue weighted by Gasteiger charge is 2.05. The molecule has 0 saturated heterocycles. The number of hydrogen-bond donors (Lipinski definition) is 2. The quantitative estimate of drug-likeness (QED) is 0.665. The van der Waals surface area contributed by atoms with Crippen LogP contribution in [0, 0.1) is 6.92 Å². The van der Waals surface area contributed by atoms with Gasteiger partial charge in [0.2, 0.25) is 5.89 Å². The summed E-state index contributed by atoms with van der Waals surface area (Å²) in [6.07, 6.45) is 0. The molecule has 20 heavy (non-hydrogen) atoms. The smallest absolute Gasteiger partial charge is 0.246 e. The van der Waals surface area contributed by atoms with Gasteiger partial charge in [0.05, 0.1) is 6.54 Å². The summed E-state index contributed by atoms with van der Waals surface area (Å²) in [5.74, 6) is 1.77. The average molecular weight is 294 g/mol. The Bertz CT molecular complexity index is 596. The van der Waals surface area contributed by atoms with Crippen LogP contribution >= 0.6 is 11.6 Å². The number of aliphatic imine (C=N–C) groups is 1. The lowest BCUT2D eigenvalue weighted by Crippen LogP contribution is -2.36. The van der Waals surface area contributed by atoms with Crippen LogP contribution in [0.1, 0.15) is 17.3 Å². The topological polar surface area (TPSA) is 75.3 Å². The lowest BCUT2D eigenvalue weighted by molar-refractivity contribution is 0.371. The van der Waals surface area contributed by atoms with Gasteiger partial charge in [0.25, 0.3) is 0 Å². The summed E-state index contributed by atoms with van der Waals surface area (Å²) in [6, 6.07) is 7.66. The van der Waals surface area contributed by atoms with E-state index in [4.69, 9.17) is 16.1 Å². The van der Waals surface area contributed by atoms with E-state index in [9.17, 15) is 0 Å². The molecule has 0 atom stereocenters. The molecule has 0 aliphatic heterocycles. The predicted molar refractivity (Wildman–Crippen MR) is 77.5 cm³/mol. The minimum atomic E-state index is 0.420. The van der Waals surface area contributed by atoms with Crippen LogP contribution in [0.3, 0.4) is 0 Å². The van der Waals surface area contributed by atoms with Crippen molar-refractivity contribution in [1.29, 1.82) is 0 Å².